The zero-order valence-electron chi connectivity index (χ0n) is 11.4. The minimum atomic E-state index is -1.26. The number of nitrogens with zero attached hydrogens (tertiary/aromatic N) is 1. The third kappa shape index (κ3) is 3.40. The second-order valence-corrected chi connectivity index (χ2v) is 7.42. The van der Waals surface area contributed by atoms with Crippen molar-refractivity contribution in [3.05, 3.63) is 57.1 Å². The number of ether oxygens (including phenoxy) is 1. The third-order valence-corrected chi connectivity index (χ3v) is 6.11. The van der Waals surface area contributed by atoms with Crippen molar-refractivity contribution in [1.82, 2.24) is 0 Å². The number of hydrogen-bond donors (Lipinski definition) is 1. The Morgan fingerprint density at radius 2 is 1.91 bits per heavy atom. The fourth-order valence-corrected chi connectivity index (χ4v) is 4.99. The average Bonchev–Trinajstić information content (AvgIpc) is 2.47. The summed E-state index contributed by atoms with van der Waals surface area (Å²) in [7, 11) is 1.54. The first kappa shape index (κ1) is 16.3. The second-order valence-electron chi connectivity index (χ2n) is 4.23. The Morgan fingerprint density at radius 3 is 2.41 bits per heavy atom. The van der Waals surface area contributed by atoms with E-state index in [0.29, 0.717) is 5.75 Å². The van der Waals surface area contributed by atoms with Crippen LogP contribution in [0.2, 0.25) is 5.02 Å². The van der Waals surface area contributed by atoms with Crippen molar-refractivity contribution < 1.29 is 19.6 Å². The molecule has 8 heteroatoms. The van der Waals surface area contributed by atoms with E-state index in [1.54, 1.807) is 24.3 Å². The Balaban J connectivity index is 2.53. The average molecular weight is 384 g/mol. The predicted molar refractivity (Wildman–Crippen MR) is 84.5 cm³/mol. The van der Waals surface area contributed by atoms with Gasteiger partial charge in [0.1, 0.15) is 0 Å². The van der Waals surface area contributed by atoms with E-state index >= 15 is 0 Å². The molecule has 22 heavy (non-hydrogen) atoms. The Hall–Kier alpha value is -2.04. The van der Waals surface area contributed by atoms with Gasteiger partial charge in [-0.25, -0.2) is 0 Å². The van der Waals surface area contributed by atoms with Gasteiger partial charge in [0.25, 0.3) is 0 Å². The van der Waals surface area contributed by atoms with Crippen molar-refractivity contribution in [2.24, 2.45) is 0 Å². The zero-order valence-corrected chi connectivity index (χ0v) is 14.2. The number of halogens is 1. The molecule has 0 amide bonds. The second kappa shape index (κ2) is 6.81. The van der Waals surface area contributed by atoms with Crippen LogP contribution in [0.5, 0.6) is 5.75 Å². The number of carbonyl (C=O) groups is 1. The van der Waals surface area contributed by atoms with Gasteiger partial charge in [-0.2, -0.15) is 0 Å². The maximum atomic E-state index is 11.4. The third-order valence-electron chi connectivity index (χ3n) is 2.90. The number of aromatic carboxylic acids is 1. The molecule has 6 nitrogen and oxygen atoms in total. The van der Waals surface area contributed by atoms with Gasteiger partial charge in [-0.3, -0.25) is 0 Å². The van der Waals surface area contributed by atoms with Gasteiger partial charge >= 0.3 is 137 Å². The van der Waals surface area contributed by atoms with Crippen LogP contribution in [0, 0.1) is 10.1 Å². The van der Waals surface area contributed by atoms with Crippen molar-refractivity contribution in [1.29, 1.82) is 0 Å². The van der Waals surface area contributed by atoms with Crippen LogP contribution in [0.1, 0.15) is 10.4 Å². The number of nitro groups is 1. The Bertz CT molecular complexity index is 733. The van der Waals surface area contributed by atoms with Crippen LogP contribution in [-0.2, 0) is 0 Å². The van der Waals surface area contributed by atoms with E-state index in [0.717, 1.165) is 4.35 Å². The van der Waals surface area contributed by atoms with E-state index in [1.165, 1.54) is 19.2 Å². The number of rotatable bonds is 5. The molecule has 2 aromatic carbocycles. The summed E-state index contributed by atoms with van der Waals surface area (Å²) < 4.78 is 6.10. The zero-order chi connectivity index (χ0) is 16.3. The molecule has 0 saturated carbocycles. The van der Waals surface area contributed by atoms with E-state index < -0.39 is 26.6 Å². The number of carboxylic acids is 1. The van der Waals surface area contributed by atoms with Gasteiger partial charge in [0.05, 0.1) is 0 Å². The topological polar surface area (TPSA) is 89.7 Å². The molecule has 0 spiro atoms. The SMILES string of the molecule is COc1ccc([AsH]c2c([N+](=O)[O-])ccc(Cl)c2C(=O)O)cc1. The van der Waals surface area contributed by atoms with Crippen LogP contribution in [0.4, 0.5) is 5.69 Å². The molecule has 1 atom stereocenters. The standard InChI is InChI=1S/C14H11AsClNO5/c1-22-9-4-2-8(3-5-9)15-13-11(17(20)21)7-6-10(16)12(13)14(18)19/h2-7,15H,1H3,(H,18,19). The molecule has 0 aliphatic rings. The van der Waals surface area contributed by atoms with Gasteiger partial charge in [-0.15, -0.1) is 0 Å². The number of nitro benzene ring substituents is 1. The van der Waals surface area contributed by atoms with Crippen LogP contribution >= 0.6 is 11.6 Å². The van der Waals surface area contributed by atoms with Gasteiger partial charge in [-0.05, 0) is 0 Å². The van der Waals surface area contributed by atoms with Crippen LogP contribution < -0.4 is 13.4 Å². The number of benzene rings is 2. The summed E-state index contributed by atoms with van der Waals surface area (Å²) >= 11 is 4.67. The molecule has 1 unspecified atom stereocenters. The van der Waals surface area contributed by atoms with Crippen molar-refractivity contribution in [2.75, 3.05) is 7.11 Å². The molecule has 0 radical (unpaired) electrons. The van der Waals surface area contributed by atoms with Crippen molar-refractivity contribution in [2.45, 2.75) is 0 Å². The summed E-state index contributed by atoms with van der Waals surface area (Å²) in [6, 6.07) is 9.50. The van der Waals surface area contributed by atoms with Crippen molar-refractivity contribution in [3.63, 3.8) is 0 Å². The van der Waals surface area contributed by atoms with Gasteiger partial charge in [0.15, 0.2) is 0 Å². The van der Waals surface area contributed by atoms with Crippen LogP contribution in [0.15, 0.2) is 36.4 Å². The molecule has 2 aromatic rings. The minimum absolute atomic E-state index is 0.00496. The van der Waals surface area contributed by atoms with Gasteiger partial charge in [0, 0.05) is 0 Å². The van der Waals surface area contributed by atoms with Crippen molar-refractivity contribution >= 4 is 47.7 Å². The first-order chi connectivity index (χ1) is 10.4. The first-order valence-corrected chi connectivity index (χ1v) is 8.53. The number of methoxy groups -OCH3 is 1. The molecule has 1 N–H and O–H groups in total. The first-order valence-electron chi connectivity index (χ1n) is 6.05. The molecule has 2 rings (SSSR count). The summed E-state index contributed by atoms with van der Waals surface area (Å²) in [5.74, 6) is -0.602. The normalized spacial score (nSPS) is 10.8. The van der Waals surface area contributed by atoms with Crippen molar-refractivity contribution in [3.8, 4) is 5.75 Å². The summed E-state index contributed by atoms with van der Waals surface area (Å²) in [5, 5.41) is 20.5. The Labute approximate surface area is 137 Å². The molecule has 0 saturated heterocycles. The van der Waals surface area contributed by atoms with Crippen LogP contribution in [0.25, 0.3) is 0 Å². The van der Waals surface area contributed by atoms with Crippen LogP contribution in [-0.4, -0.2) is 38.9 Å². The molecule has 0 aliphatic heterocycles. The molecule has 0 bridgehead atoms. The molecule has 0 heterocycles. The van der Waals surface area contributed by atoms with Gasteiger partial charge in [-0.1, -0.05) is 0 Å². The predicted octanol–water partition coefficient (Wildman–Crippen LogP) is 1.34. The summed E-state index contributed by atoms with van der Waals surface area (Å²) in [5.41, 5.74) is -0.399. The number of hydrogen-bond acceptors (Lipinski definition) is 4. The monoisotopic (exact) mass is 383 g/mol. The van der Waals surface area contributed by atoms with E-state index in [9.17, 15) is 20.0 Å². The van der Waals surface area contributed by atoms with E-state index in [2.05, 4.69) is 0 Å². The van der Waals surface area contributed by atoms with Crippen LogP contribution in [0.3, 0.4) is 0 Å². The molecule has 0 aliphatic carbocycles. The molecular weight excluding hydrogens is 373 g/mol. The van der Waals surface area contributed by atoms with E-state index in [4.69, 9.17) is 16.3 Å². The fourth-order valence-electron chi connectivity index (χ4n) is 1.87. The Kier molecular flexibility index (Phi) is 5.06. The molecule has 114 valence electrons. The quantitative estimate of drug-likeness (QED) is 0.478. The molecule has 0 fully saturated rings. The van der Waals surface area contributed by atoms with E-state index in [1.807, 2.05) is 0 Å². The molecular formula is C14H11AsClNO5. The summed E-state index contributed by atoms with van der Waals surface area (Å²) in [6.45, 7) is 0. The Morgan fingerprint density at radius 1 is 1.27 bits per heavy atom. The van der Waals surface area contributed by atoms with E-state index in [-0.39, 0.29) is 20.6 Å². The van der Waals surface area contributed by atoms with Gasteiger partial charge in [0.2, 0.25) is 0 Å². The summed E-state index contributed by atoms with van der Waals surface area (Å²) in [4.78, 5) is 22.0. The maximum absolute atomic E-state index is 11.4. The number of carboxylic acid groups (broad SMARTS) is 1. The summed E-state index contributed by atoms with van der Waals surface area (Å²) in [6.07, 6.45) is 0. The molecule has 0 aromatic heterocycles. The fraction of sp³-hybridized carbons (Fsp3) is 0.0714. The van der Waals surface area contributed by atoms with Gasteiger partial charge < -0.3 is 0 Å².